The van der Waals surface area contributed by atoms with E-state index >= 15 is 0 Å². The molecule has 1 heterocycles. The Labute approximate surface area is 113 Å². The van der Waals surface area contributed by atoms with Gasteiger partial charge in [0.05, 0.1) is 6.61 Å². The second-order valence-electron chi connectivity index (χ2n) is 5.30. The number of ether oxygens (including phenoxy) is 1. The van der Waals surface area contributed by atoms with Crippen molar-refractivity contribution in [2.24, 2.45) is 0 Å². The molecule has 0 saturated heterocycles. The zero-order valence-electron chi connectivity index (χ0n) is 11.3. The third-order valence-electron chi connectivity index (χ3n) is 3.65. The maximum Gasteiger partial charge on any atom is 0.113 e. The van der Waals surface area contributed by atoms with Gasteiger partial charge in [-0.15, -0.1) is 0 Å². The van der Waals surface area contributed by atoms with Crippen LogP contribution in [0.1, 0.15) is 40.0 Å². The van der Waals surface area contributed by atoms with E-state index in [1.165, 1.54) is 16.7 Å². The van der Waals surface area contributed by atoms with Crippen LogP contribution in [0.3, 0.4) is 0 Å². The predicted octanol–water partition coefficient (Wildman–Crippen LogP) is 3.61. The van der Waals surface area contributed by atoms with Crippen LogP contribution in [0.15, 0.2) is 42.5 Å². The molecule has 0 fully saturated rings. The van der Waals surface area contributed by atoms with Crippen LogP contribution in [0.4, 0.5) is 0 Å². The van der Waals surface area contributed by atoms with Crippen molar-refractivity contribution in [1.82, 2.24) is 0 Å². The first kappa shape index (κ1) is 12.4. The second kappa shape index (κ2) is 4.80. The lowest BCUT2D eigenvalue weighted by Crippen LogP contribution is -2.10. The van der Waals surface area contributed by atoms with E-state index in [-0.39, 0.29) is 6.10 Å². The second-order valence-corrected chi connectivity index (χ2v) is 5.30. The first-order chi connectivity index (χ1) is 9.15. The van der Waals surface area contributed by atoms with E-state index in [0.717, 1.165) is 11.1 Å². The van der Waals surface area contributed by atoms with Gasteiger partial charge in [-0.1, -0.05) is 53.6 Å². The van der Waals surface area contributed by atoms with Crippen molar-refractivity contribution in [1.29, 1.82) is 0 Å². The first-order valence-corrected chi connectivity index (χ1v) is 6.61. The van der Waals surface area contributed by atoms with Gasteiger partial charge < -0.3 is 9.84 Å². The van der Waals surface area contributed by atoms with E-state index in [9.17, 15) is 5.11 Å². The Balaban J connectivity index is 1.95. The van der Waals surface area contributed by atoms with Crippen LogP contribution in [0.25, 0.3) is 0 Å². The lowest BCUT2D eigenvalue weighted by molar-refractivity contribution is -0.0314. The molecule has 1 aliphatic heterocycles. The molecule has 2 atom stereocenters. The highest BCUT2D eigenvalue weighted by molar-refractivity contribution is 5.36. The Morgan fingerprint density at radius 2 is 1.79 bits per heavy atom. The third-order valence-corrected chi connectivity index (χ3v) is 3.65. The largest absolute Gasteiger partial charge is 0.385 e. The highest BCUT2D eigenvalue weighted by atomic mass is 16.5. The van der Waals surface area contributed by atoms with Crippen LogP contribution >= 0.6 is 0 Å². The maximum atomic E-state index is 10.6. The molecule has 0 aromatic heterocycles. The Morgan fingerprint density at radius 1 is 1.11 bits per heavy atom. The predicted molar refractivity (Wildman–Crippen MR) is 74.8 cm³/mol. The highest BCUT2D eigenvalue weighted by Gasteiger charge is 2.30. The van der Waals surface area contributed by atoms with Gasteiger partial charge in [-0.3, -0.25) is 0 Å². The fourth-order valence-corrected chi connectivity index (χ4v) is 2.83. The number of hydrogen-bond donors (Lipinski definition) is 1. The SMILES string of the molecule is Cc1cc(C)cc([C@H](O)[C@H]2OCc3ccccc32)c1. The number of aliphatic hydroxyl groups is 1. The van der Waals surface area contributed by atoms with E-state index in [1.54, 1.807) is 0 Å². The topological polar surface area (TPSA) is 29.5 Å². The van der Waals surface area contributed by atoms with Crippen LogP contribution in [0.2, 0.25) is 0 Å². The number of benzene rings is 2. The van der Waals surface area contributed by atoms with Crippen LogP contribution in [0, 0.1) is 13.8 Å². The van der Waals surface area contributed by atoms with E-state index in [0.29, 0.717) is 6.61 Å². The fourth-order valence-electron chi connectivity index (χ4n) is 2.83. The maximum absolute atomic E-state index is 10.6. The van der Waals surface area contributed by atoms with Gasteiger partial charge in [0.25, 0.3) is 0 Å². The van der Waals surface area contributed by atoms with E-state index in [2.05, 4.69) is 12.1 Å². The standard InChI is InChI=1S/C17H18O2/c1-11-7-12(2)9-14(8-11)16(18)17-15-6-4-3-5-13(15)10-19-17/h3-9,16-18H,10H2,1-2H3/t16-,17-/m0/s1. The molecule has 2 heteroatoms. The van der Waals surface area contributed by atoms with Crippen LogP contribution < -0.4 is 0 Å². The number of aryl methyl sites for hydroxylation is 2. The molecular weight excluding hydrogens is 236 g/mol. The number of aliphatic hydroxyl groups excluding tert-OH is 1. The number of rotatable bonds is 2. The monoisotopic (exact) mass is 254 g/mol. The van der Waals surface area contributed by atoms with Crippen LogP contribution in [-0.4, -0.2) is 5.11 Å². The lowest BCUT2D eigenvalue weighted by Gasteiger charge is -2.20. The summed E-state index contributed by atoms with van der Waals surface area (Å²) < 4.78 is 5.77. The summed E-state index contributed by atoms with van der Waals surface area (Å²) in [6.45, 7) is 4.68. The summed E-state index contributed by atoms with van der Waals surface area (Å²) in [4.78, 5) is 0. The molecule has 0 saturated carbocycles. The molecule has 0 spiro atoms. The molecule has 2 nitrogen and oxygen atoms in total. The summed E-state index contributed by atoms with van der Waals surface area (Å²) >= 11 is 0. The molecule has 0 radical (unpaired) electrons. The third kappa shape index (κ3) is 2.29. The number of fused-ring (bicyclic) bond motifs is 1. The van der Waals surface area contributed by atoms with Crippen molar-refractivity contribution in [3.05, 3.63) is 70.3 Å². The van der Waals surface area contributed by atoms with Crippen molar-refractivity contribution in [2.75, 3.05) is 0 Å². The summed E-state index contributed by atoms with van der Waals surface area (Å²) in [6.07, 6.45) is -0.861. The van der Waals surface area contributed by atoms with E-state index in [4.69, 9.17) is 4.74 Å². The van der Waals surface area contributed by atoms with Gasteiger partial charge in [0.2, 0.25) is 0 Å². The molecule has 0 amide bonds. The zero-order valence-corrected chi connectivity index (χ0v) is 11.3. The van der Waals surface area contributed by atoms with Crippen LogP contribution in [-0.2, 0) is 11.3 Å². The molecule has 0 bridgehead atoms. The van der Waals surface area contributed by atoms with Crippen molar-refractivity contribution in [3.63, 3.8) is 0 Å². The average Bonchev–Trinajstić information content (AvgIpc) is 2.80. The molecule has 2 aromatic carbocycles. The summed E-state index contributed by atoms with van der Waals surface area (Å²) in [7, 11) is 0. The molecule has 0 aliphatic carbocycles. The summed E-state index contributed by atoms with van der Waals surface area (Å²) in [5.74, 6) is 0. The van der Waals surface area contributed by atoms with E-state index in [1.807, 2.05) is 44.2 Å². The summed E-state index contributed by atoms with van der Waals surface area (Å²) in [5.41, 5.74) is 5.55. The zero-order chi connectivity index (χ0) is 13.4. The van der Waals surface area contributed by atoms with Gasteiger partial charge >= 0.3 is 0 Å². The van der Waals surface area contributed by atoms with Crippen molar-refractivity contribution >= 4 is 0 Å². The minimum atomic E-state index is -0.609. The van der Waals surface area contributed by atoms with Gasteiger partial charge in [-0.25, -0.2) is 0 Å². The normalized spacial score (nSPS) is 19.2. The lowest BCUT2D eigenvalue weighted by atomic mass is 9.95. The van der Waals surface area contributed by atoms with Gasteiger partial charge in [-0.2, -0.15) is 0 Å². The van der Waals surface area contributed by atoms with Crippen molar-refractivity contribution in [3.8, 4) is 0 Å². The Bertz CT molecular complexity index is 584. The Morgan fingerprint density at radius 3 is 2.53 bits per heavy atom. The summed E-state index contributed by atoms with van der Waals surface area (Å²) in [6, 6.07) is 14.3. The number of hydrogen-bond acceptors (Lipinski definition) is 2. The first-order valence-electron chi connectivity index (χ1n) is 6.61. The van der Waals surface area contributed by atoms with Gasteiger partial charge in [-0.05, 0) is 30.5 Å². The molecule has 0 unspecified atom stereocenters. The molecule has 1 aliphatic rings. The average molecular weight is 254 g/mol. The van der Waals surface area contributed by atoms with Gasteiger partial charge in [0.1, 0.15) is 12.2 Å². The van der Waals surface area contributed by atoms with Crippen LogP contribution in [0.5, 0.6) is 0 Å². The molecule has 1 N–H and O–H groups in total. The minimum Gasteiger partial charge on any atom is -0.385 e. The van der Waals surface area contributed by atoms with Gasteiger partial charge in [0, 0.05) is 0 Å². The highest BCUT2D eigenvalue weighted by Crippen LogP contribution is 2.39. The van der Waals surface area contributed by atoms with E-state index < -0.39 is 6.10 Å². The molecule has 98 valence electrons. The molecule has 19 heavy (non-hydrogen) atoms. The fraction of sp³-hybridized carbons (Fsp3) is 0.294. The smallest absolute Gasteiger partial charge is 0.113 e. The molecule has 3 rings (SSSR count). The Kier molecular flexibility index (Phi) is 3.13. The molecular formula is C17H18O2. The van der Waals surface area contributed by atoms with Crippen molar-refractivity contribution < 1.29 is 9.84 Å². The van der Waals surface area contributed by atoms with Gasteiger partial charge in [0.15, 0.2) is 0 Å². The van der Waals surface area contributed by atoms with Crippen molar-refractivity contribution in [2.45, 2.75) is 32.7 Å². The summed E-state index contributed by atoms with van der Waals surface area (Å²) in [5, 5.41) is 10.6. The minimum absolute atomic E-state index is 0.252. The molecule has 2 aromatic rings. The quantitative estimate of drug-likeness (QED) is 0.887. The Hall–Kier alpha value is -1.64.